The number of anilines is 1. The number of carbonyl (C=O) groups excluding carboxylic acids is 1. The number of rotatable bonds is 5. The van der Waals surface area contributed by atoms with Crippen molar-refractivity contribution in [3.05, 3.63) is 47.4 Å². The number of hydrogen-bond acceptors (Lipinski definition) is 5. The van der Waals surface area contributed by atoms with Crippen molar-refractivity contribution in [3.8, 4) is 5.75 Å². The van der Waals surface area contributed by atoms with Gasteiger partial charge in [0.15, 0.2) is 6.10 Å². The molecule has 1 aromatic heterocycles. The zero-order valence-corrected chi connectivity index (χ0v) is 16.8. The summed E-state index contributed by atoms with van der Waals surface area (Å²) in [5.74, 6) is 1.75. The van der Waals surface area contributed by atoms with Crippen LogP contribution in [-0.2, 0) is 17.8 Å². The predicted octanol–water partition coefficient (Wildman–Crippen LogP) is 2.84. The first-order valence-corrected chi connectivity index (χ1v) is 9.39. The highest BCUT2D eigenvalue weighted by Crippen LogP contribution is 2.26. The molecule has 1 aliphatic heterocycles. The van der Waals surface area contributed by atoms with E-state index in [-0.39, 0.29) is 11.8 Å². The monoisotopic (exact) mass is 368 g/mol. The first-order valence-electron chi connectivity index (χ1n) is 9.39. The lowest BCUT2D eigenvalue weighted by Gasteiger charge is -2.33. The molecule has 6 heteroatoms. The zero-order valence-electron chi connectivity index (χ0n) is 16.8. The molecule has 0 aliphatic carbocycles. The van der Waals surface area contributed by atoms with Crippen molar-refractivity contribution >= 4 is 11.7 Å². The molecule has 2 heterocycles. The summed E-state index contributed by atoms with van der Waals surface area (Å²) in [6, 6.07) is 7.83. The van der Waals surface area contributed by atoms with Crippen LogP contribution in [-0.4, -0.2) is 47.5 Å². The van der Waals surface area contributed by atoms with Gasteiger partial charge in [-0.1, -0.05) is 26.0 Å². The van der Waals surface area contributed by atoms with Crippen LogP contribution in [0.1, 0.15) is 30.7 Å². The van der Waals surface area contributed by atoms with Crippen molar-refractivity contribution in [1.82, 2.24) is 14.9 Å². The minimum Gasteiger partial charge on any atom is -0.480 e. The molecule has 1 atom stereocenters. The maximum absolute atomic E-state index is 13.2. The van der Waals surface area contributed by atoms with Crippen LogP contribution in [0.25, 0.3) is 0 Å². The molecule has 27 heavy (non-hydrogen) atoms. The van der Waals surface area contributed by atoms with Gasteiger partial charge in [0.1, 0.15) is 17.9 Å². The van der Waals surface area contributed by atoms with Crippen LogP contribution in [0.5, 0.6) is 5.75 Å². The quantitative estimate of drug-likeness (QED) is 0.812. The molecule has 0 spiro atoms. The Hall–Kier alpha value is -2.63. The molecule has 0 saturated heterocycles. The van der Waals surface area contributed by atoms with E-state index in [1.807, 2.05) is 68.9 Å². The molecule has 0 fully saturated rings. The third kappa shape index (κ3) is 4.21. The highest BCUT2D eigenvalue weighted by atomic mass is 16.5. The van der Waals surface area contributed by atoms with Crippen molar-refractivity contribution in [1.29, 1.82) is 0 Å². The summed E-state index contributed by atoms with van der Waals surface area (Å²) >= 11 is 0. The van der Waals surface area contributed by atoms with Crippen LogP contribution in [0.2, 0.25) is 0 Å². The van der Waals surface area contributed by atoms with Crippen molar-refractivity contribution < 1.29 is 9.53 Å². The Bertz CT molecular complexity index is 820. The zero-order chi connectivity index (χ0) is 19.6. The topological polar surface area (TPSA) is 58.6 Å². The summed E-state index contributed by atoms with van der Waals surface area (Å²) in [4.78, 5) is 25.9. The fraction of sp³-hybridized carbons (Fsp3) is 0.476. The molecule has 6 nitrogen and oxygen atoms in total. The van der Waals surface area contributed by atoms with Crippen LogP contribution in [0, 0.1) is 12.8 Å². The van der Waals surface area contributed by atoms with Gasteiger partial charge in [0.05, 0.1) is 12.2 Å². The lowest BCUT2D eigenvalue weighted by atomic mass is 10.0. The summed E-state index contributed by atoms with van der Waals surface area (Å²) in [5.41, 5.74) is 3.17. The number of aromatic nitrogens is 2. The Morgan fingerprint density at radius 1 is 1.26 bits per heavy atom. The van der Waals surface area contributed by atoms with E-state index in [0.717, 1.165) is 34.8 Å². The maximum atomic E-state index is 13.2. The number of carbonyl (C=O) groups is 1. The van der Waals surface area contributed by atoms with Crippen LogP contribution in [0.15, 0.2) is 30.6 Å². The number of nitrogens with zero attached hydrogens (tertiary/aromatic N) is 4. The van der Waals surface area contributed by atoms with E-state index in [2.05, 4.69) is 9.97 Å². The Morgan fingerprint density at radius 2 is 2.04 bits per heavy atom. The third-order valence-corrected chi connectivity index (χ3v) is 4.82. The molecular formula is C21H28N4O2. The van der Waals surface area contributed by atoms with Gasteiger partial charge in [0.2, 0.25) is 0 Å². The van der Waals surface area contributed by atoms with Gasteiger partial charge >= 0.3 is 0 Å². The van der Waals surface area contributed by atoms with Crippen molar-refractivity contribution in [2.24, 2.45) is 5.92 Å². The molecule has 1 aromatic carbocycles. The van der Waals surface area contributed by atoms with Gasteiger partial charge in [0.25, 0.3) is 5.91 Å². The van der Waals surface area contributed by atoms with E-state index in [9.17, 15) is 4.79 Å². The highest BCUT2D eigenvalue weighted by Gasteiger charge is 2.32. The molecule has 0 saturated carbocycles. The lowest BCUT2D eigenvalue weighted by molar-refractivity contribution is -0.141. The van der Waals surface area contributed by atoms with Gasteiger partial charge in [-0.25, -0.2) is 9.97 Å². The molecule has 2 aromatic rings. The van der Waals surface area contributed by atoms with E-state index < -0.39 is 6.10 Å². The molecule has 1 aliphatic rings. The SMILES string of the molecule is Cc1cccc(OC(C(=O)N2CCc3c(ncnc3N(C)C)C2)C(C)C)c1. The second-order valence-corrected chi connectivity index (χ2v) is 7.63. The Labute approximate surface area is 161 Å². The Morgan fingerprint density at radius 3 is 2.70 bits per heavy atom. The highest BCUT2D eigenvalue weighted by molar-refractivity contribution is 5.82. The molecule has 3 rings (SSSR count). The fourth-order valence-corrected chi connectivity index (χ4v) is 3.40. The van der Waals surface area contributed by atoms with Crippen molar-refractivity contribution in [2.45, 2.75) is 39.8 Å². The standard InChI is InChI=1S/C21H28N4O2/c1-14(2)19(27-16-8-6-7-15(3)11-16)21(26)25-10-9-17-18(12-25)22-13-23-20(17)24(4)5/h6-8,11,13-14,19H,9-10,12H2,1-5H3. The number of fused-ring (bicyclic) bond motifs is 1. The second kappa shape index (κ2) is 7.94. The molecule has 144 valence electrons. The minimum atomic E-state index is -0.511. The average Bonchev–Trinajstić information content (AvgIpc) is 2.64. The largest absolute Gasteiger partial charge is 0.480 e. The first-order chi connectivity index (χ1) is 12.9. The number of hydrogen-bond donors (Lipinski definition) is 0. The summed E-state index contributed by atoms with van der Waals surface area (Å²) in [6.45, 7) is 7.20. The molecule has 1 amide bonds. The summed E-state index contributed by atoms with van der Waals surface area (Å²) in [6.07, 6.45) is 1.82. The van der Waals surface area contributed by atoms with Crippen LogP contribution in [0.4, 0.5) is 5.82 Å². The van der Waals surface area contributed by atoms with Crippen molar-refractivity contribution in [3.63, 3.8) is 0 Å². The number of ether oxygens (including phenoxy) is 1. The molecule has 0 bridgehead atoms. The van der Waals surface area contributed by atoms with Gasteiger partial charge in [-0.3, -0.25) is 4.79 Å². The van der Waals surface area contributed by atoms with Gasteiger partial charge in [-0.05, 0) is 37.0 Å². The maximum Gasteiger partial charge on any atom is 0.264 e. The van der Waals surface area contributed by atoms with E-state index in [1.54, 1.807) is 6.33 Å². The normalized spacial score (nSPS) is 14.7. The van der Waals surface area contributed by atoms with E-state index in [0.29, 0.717) is 13.1 Å². The smallest absolute Gasteiger partial charge is 0.264 e. The van der Waals surface area contributed by atoms with E-state index >= 15 is 0 Å². The second-order valence-electron chi connectivity index (χ2n) is 7.63. The van der Waals surface area contributed by atoms with Gasteiger partial charge < -0.3 is 14.5 Å². The van der Waals surface area contributed by atoms with Gasteiger partial charge in [-0.15, -0.1) is 0 Å². The Kier molecular flexibility index (Phi) is 5.63. The Balaban J connectivity index is 1.79. The number of aryl methyl sites for hydroxylation is 1. The summed E-state index contributed by atoms with van der Waals surface area (Å²) in [5, 5.41) is 0. The minimum absolute atomic E-state index is 0.0159. The molecule has 0 N–H and O–H groups in total. The molecular weight excluding hydrogens is 340 g/mol. The fourth-order valence-electron chi connectivity index (χ4n) is 3.40. The average molecular weight is 368 g/mol. The van der Waals surface area contributed by atoms with E-state index in [4.69, 9.17) is 4.74 Å². The lowest BCUT2D eigenvalue weighted by Crippen LogP contribution is -2.47. The van der Waals surface area contributed by atoms with Gasteiger partial charge in [-0.2, -0.15) is 0 Å². The molecule has 0 radical (unpaired) electrons. The number of benzene rings is 1. The third-order valence-electron chi connectivity index (χ3n) is 4.82. The van der Waals surface area contributed by atoms with Crippen LogP contribution >= 0.6 is 0 Å². The van der Waals surface area contributed by atoms with E-state index in [1.165, 1.54) is 0 Å². The van der Waals surface area contributed by atoms with Crippen molar-refractivity contribution in [2.75, 3.05) is 25.5 Å². The summed E-state index contributed by atoms with van der Waals surface area (Å²) in [7, 11) is 3.95. The predicted molar refractivity (Wildman–Crippen MR) is 106 cm³/mol. The molecule has 1 unspecified atom stereocenters. The van der Waals surface area contributed by atoms with Gasteiger partial charge in [0, 0.05) is 26.2 Å². The van der Waals surface area contributed by atoms with Crippen LogP contribution in [0.3, 0.4) is 0 Å². The number of amides is 1. The van der Waals surface area contributed by atoms with Crippen LogP contribution < -0.4 is 9.64 Å². The first kappa shape index (κ1) is 19.1. The summed E-state index contributed by atoms with van der Waals surface area (Å²) < 4.78 is 6.09.